The highest BCUT2D eigenvalue weighted by molar-refractivity contribution is 5.98. The van der Waals surface area contributed by atoms with Crippen molar-refractivity contribution in [3.8, 4) is 5.75 Å². The quantitative estimate of drug-likeness (QED) is 0.102. The number of hydrogen-bond donors (Lipinski definition) is 5. The molecule has 13 heteroatoms. The first-order chi connectivity index (χ1) is 28.2. The molecule has 5 N–H and O–H groups in total. The Morgan fingerprint density at radius 2 is 1.27 bits per heavy atom. The molecule has 318 valence electrons. The first-order valence-electron chi connectivity index (χ1n) is 20.9. The zero-order valence-corrected chi connectivity index (χ0v) is 35.3. The standard InChI is InChI=1S/C46H62N6O7/c1-30(2)25-37(41(53)46(6)29-58-46)48-44(56)39(28-34-15-11-8-12-16-34)50-43(55)38(26-31(3)4)49-42(54)36(19-17-33-13-9-7-10-14-33)51-45(57)59-40-20-18-35(27-32(40)5)52-23-21-47-22-24-52/h7-16,18,20,27,30-31,36-39,47H,17,19,21-26,28-29H2,1-6H3,(H,48,56)(H,49,54)(H,50,55)(H,51,57)/t36-,37?,38-,39-,46?/m0/s1. The van der Waals surface area contributed by atoms with Gasteiger partial charge in [-0.15, -0.1) is 0 Å². The lowest BCUT2D eigenvalue weighted by Crippen LogP contribution is -2.59. The number of rotatable bonds is 20. The average molecular weight is 811 g/mol. The molecule has 0 bridgehead atoms. The largest absolute Gasteiger partial charge is 0.413 e. The zero-order chi connectivity index (χ0) is 42.5. The lowest BCUT2D eigenvalue weighted by Gasteiger charge is -2.30. The van der Waals surface area contributed by atoms with Crippen LogP contribution < -0.4 is 36.2 Å². The highest BCUT2D eigenvalue weighted by Crippen LogP contribution is 2.30. The van der Waals surface area contributed by atoms with Gasteiger partial charge >= 0.3 is 6.09 Å². The number of benzene rings is 3. The minimum atomic E-state index is -1.06. The number of amides is 4. The smallest absolute Gasteiger partial charge is 0.410 e. The van der Waals surface area contributed by atoms with Gasteiger partial charge in [0.2, 0.25) is 17.7 Å². The van der Waals surface area contributed by atoms with Gasteiger partial charge in [-0.1, -0.05) is 88.4 Å². The molecule has 59 heavy (non-hydrogen) atoms. The molecule has 2 fully saturated rings. The molecular formula is C46H62N6O7. The fraction of sp³-hybridized carbons (Fsp3) is 0.500. The van der Waals surface area contributed by atoms with Crippen molar-refractivity contribution in [1.82, 2.24) is 26.6 Å². The van der Waals surface area contributed by atoms with E-state index in [9.17, 15) is 24.0 Å². The third-order valence-corrected chi connectivity index (χ3v) is 10.7. The maximum atomic E-state index is 14.2. The Kier molecular flexibility index (Phi) is 16.0. The number of epoxide rings is 1. The van der Waals surface area contributed by atoms with Crippen molar-refractivity contribution in [3.63, 3.8) is 0 Å². The molecule has 5 rings (SSSR count). The van der Waals surface area contributed by atoms with E-state index >= 15 is 0 Å². The lowest BCUT2D eigenvalue weighted by molar-refractivity contribution is -0.134. The van der Waals surface area contributed by atoms with E-state index < -0.39 is 53.6 Å². The third kappa shape index (κ3) is 13.6. The van der Waals surface area contributed by atoms with Crippen LogP contribution in [0.5, 0.6) is 5.75 Å². The second-order valence-corrected chi connectivity index (χ2v) is 16.8. The number of piperazine rings is 1. The summed E-state index contributed by atoms with van der Waals surface area (Å²) >= 11 is 0. The summed E-state index contributed by atoms with van der Waals surface area (Å²) in [5.41, 5.74) is 2.66. The molecule has 2 aliphatic rings. The van der Waals surface area contributed by atoms with Crippen molar-refractivity contribution in [1.29, 1.82) is 0 Å². The summed E-state index contributed by atoms with van der Waals surface area (Å²) in [6.45, 7) is 15.2. The molecule has 0 aromatic heterocycles. The molecule has 2 unspecified atom stereocenters. The number of aryl methyl sites for hydroxylation is 2. The molecule has 5 atom stereocenters. The van der Waals surface area contributed by atoms with Gasteiger partial charge in [-0.2, -0.15) is 0 Å². The van der Waals surface area contributed by atoms with Gasteiger partial charge in [-0.25, -0.2) is 4.79 Å². The van der Waals surface area contributed by atoms with Crippen LogP contribution in [-0.2, 0) is 36.8 Å². The van der Waals surface area contributed by atoms with E-state index in [4.69, 9.17) is 9.47 Å². The van der Waals surface area contributed by atoms with Crippen LogP contribution in [0.2, 0.25) is 0 Å². The van der Waals surface area contributed by atoms with Gasteiger partial charge in [0.15, 0.2) is 5.78 Å². The third-order valence-electron chi connectivity index (χ3n) is 10.7. The zero-order valence-electron chi connectivity index (χ0n) is 35.3. The first-order valence-corrected chi connectivity index (χ1v) is 20.9. The Bertz CT molecular complexity index is 1880. The van der Waals surface area contributed by atoms with Crippen LogP contribution in [-0.4, -0.2) is 92.2 Å². The van der Waals surface area contributed by atoms with E-state index in [0.29, 0.717) is 25.2 Å². The van der Waals surface area contributed by atoms with E-state index in [1.807, 2.05) is 107 Å². The topological polar surface area (TPSA) is 170 Å². The maximum absolute atomic E-state index is 14.2. The molecule has 2 heterocycles. The van der Waals surface area contributed by atoms with Crippen LogP contribution in [0.1, 0.15) is 70.6 Å². The summed E-state index contributed by atoms with van der Waals surface area (Å²) in [6, 6.07) is 20.6. The SMILES string of the molecule is Cc1cc(N2CCNCC2)ccc1OC(=O)N[C@@H](CCc1ccccc1)C(=O)N[C@@H](CC(C)C)C(=O)N[C@@H](Cc1ccccc1)C(=O)NC(CC(C)C)C(=O)C1(C)CO1. The van der Waals surface area contributed by atoms with Gasteiger partial charge in [-0.3, -0.25) is 19.2 Å². The van der Waals surface area contributed by atoms with Crippen LogP contribution in [0.3, 0.4) is 0 Å². The van der Waals surface area contributed by atoms with E-state index in [1.165, 1.54) is 0 Å². The normalized spacial score (nSPS) is 18.3. The minimum Gasteiger partial charge on any atom is -0.410 e. The minimum absolute atomic E-state index is 0.0207. The van der Waals surface area contributed by atoms with Crippen molar-refractivity contribution in [2.75, 3.05) is 37.7 Å². The Hall–Kier alpha value is -5.27. The number of ether oxygens (including phenoxy) is 2. The Morgan fingerprint density at radius 3 is 1.86 bits per heavy atom. The molecule has 2 aliphatic heterocycles. The predicted molar refractivity (Wildman–Crippen MR) is 228 cm³/mol. The molecule has 0 saturated carbocycles. The highest BCUT2D eigenvalue weighted by atomic mass is 16.6. The van der Waals surface area contributed by atoms with E-state index in [0.717, 1.165) is 48.6 Å². The lowest BCUT2D eigenvalue weighted by atomic mass is 9.93. The van der Waals surface area contributed by atoms with Crippen LogP contribution >= 0.6 is 0 Å². The second-order valence-electron chi connectivity index (χ2n) is 16.8. The number of carbonyl (C=O) groups is 5. The van der Waals surface area contributed by atoms with Crippen molar-refractivity contribution in [3.05, 3.63) is 95.6 Å². The van der Waals surface area contributed by atoms with Crippen LogP contribution in [0.15, 0.2) is 78.9 Å². The fourth-order valence-corrected chi connectivity index (χ4v) is 7.26. The van der Waals surface area contributed by atoms with Gasteiger partial charge in [0.05, 0.1) is 12.6 Å². The molecule has 13 nitrogen and oxygen atoms in total. The molecule has 3 aromatic carbocycles. The summed E-state index contributed by atoms with van der Waals surface area (Å²) in [5.74, 6) is -1.38. The van der Waals surface area contributed by atoms with Gasteiger partial charge in [0.25, 0.3) is 0 Å². The predicted octanol–water partition coefficient (Wildman–Crippen LogP) is 4.64. The molecule has 0 aliphatic carbocycles. The highest BCUT2D eigenvalue weighted by Gasteiger charge is 2.50. The summed E-state index contributed by atoms with van der Waals surface area (Å²) in [5, 5.41) is 14.8. The summed E-state index contributed by atoms with van der Waals surface area (Å²) in [4.78, 5) is 71.6. The summed E-state index contributed by atoms with van der Waals surface area (Å²) < 4.78 is 11.2. The molecule has 2 saturated heterocycles. The van der Waals surface area contributed by atoms with Gasteiger partial charge < -0.3 is 41.0 Å². The summed E-state index contributed by atoms with van der Waals surface area (Å²) in [6.07, 6.45) is 0.725. The van der Waals surface area contributed by atoms with E-state index in [1.54, 1.807) is 13.0 Å². The van der Waals surface area contributed by atoms with Crippen molar-refractivity contribution < 1.29 is 33.4 Å². The number of nitrogens with zero attached hydrogens (tertiary/aromatic N) is 1. The number of carbonyl (C=O) groups excluding carboxylic acids is 5. The van der Waals surface area contributed by atoms with E-state index in [-0.39, 0.29) is 36.9 Å². The van der Waals surface area contributed by atoms with E-state index in [2.05, 4.69) is 31.5 Å². The van der Waals surface area contributed by atoms with Gasteiger partial charge in [0.1, 0.15) is 29.5 Å². The molecule has 0 spiro atoms. The monoisotopic (exact) mass is 810 g/mol. The van der Waals surface area contributed by atoms with Crippen LogP contribution in [0.4, 0.5) is 10.5 Å². The Morgan fingerprint density at radius 1 is 0.729 bits per heavy atom. The number of nitrogens with one attached hydrogen (secondary N) is 5. The molecular weight excluding hydrogens is 749 g/mol. The number of Topliss-reactive ketones (excluding diaryl/α,β-unsaturated/α-hetero) is 1. The fourth-order valence-electron chi connectivity index (χ4n) is 7.26. The molecule has 0 radical (unpaired) electrons. The van der Waals surface area contributed by atoms with Gasteiger partial charge in [-0.05, 0) is 86.3 Å². The van der Waals surface area contributed by atoms with Crippen molar-refractivity contribution >= 4 is 35.3 Å². The molecule has 3 aromatic rings. The first kappa shape index (κ1) is 44.8. The number of anilines is 1. The number of ketones is 1. The molecule has 4 amide bonds. The van der Waals surface area contributed by atoms with Crippen LogP contribution in [0.25, 0.3) is 0 Å². The summed E-state index contributed by atoms with van der Waals surface area (Å²) in [7, 11) is 0. The van der Waals surface area contributed by atoms with Crippen LogP contribution in [0, 0.1) is 18.8 Å². The Balaban J connectivity index is 1.32. The average Bonchev–Trinajstić information content (AvgIpc) is 3.97. The second kappa shape index (κ2) is 21.1. The van der Waals surface area contributed by atoms with Crippen molar-refractivity contribution in [2.24, 2.45) is 11.8 Å². The number of hydrogen-bond acceptors (Lipinski definition) is 9. The Labute approximate surface area is 348 Å². The maximum Gasteiger partial charge on any atom is 0.413 e. The van der Waals surface area contributed by atoms with Gasteiger partial charge in [0, 0.05) is 38.3 Å². The van der Waals surface area contributed by atoms with Crippen molar-refractivity contribution in [2.45, 2.75) is 103 Å².